The number of carbonyl (C=O) groups is 1. The lowest BCUT2D eigenvalue weighted by atomic mass is 10.2. The van der Waals surface area contributed by atoms with Gasteiger partial charge < -0.3 is 0 Å². The van der Waals surface area contributed by atoms with E-state index in [9.17, 15) is 4.79 Å². The monoisotopic (exact) mass is 244 g/mol. The molecule has 0 N–H and O–H groups in total. The van der Waals surface area contributed by atoms with Gasteiger partial charge in [0.05, 0.1) is 0 Å². The molecule has 0 saturated heterocycles. The van der Waals surface area contributed by atoms with Crippen LogP contribution in [0.25, 0.3) is 0 Å². The van der Waals surface area contributed by atoms with E-state index in [4.69, 9.17) is 6.42 Å². The molecule has 0 atom stereocenters. The van der Waals surface area contributed by atoms with Crippen LogP contribution in [0.15, 0.2) is 46.2 Å². The van der Waals surface area contributed by atoms with Crippen molar-refractivity contribution in [2.75, 3.05) is 0 Å². The summed E-state index contributed by atoms with van der Waals surface area (Å²) in [5, 5.41) is 0. The second-order valence-corrected chi connectivity index (χ2v) is 4.80. The van der Waals surface area contributed by atoms with Gasteiger partial charge in [-0.1, -0.05) is 30.0 Å². The standard InChI is InChI=1S/C15H16OS/c1-2-3-4-6-11-15(12-13-16)17-14-9-7-5-8-10-14/h1,5,7-10,12-13H,3-4,6,11H2/b15-12-. The van der Waals surface area contributed by atoms with E-state index in [0.717, 1.165) is 41.8 Å². The Balaban J connectivity index is 2.47. The van der Waals surface area contributed by atoms with Crippen molar-refractivity contribution in [1.29, 1.82) is 0 Å². The number of thioether (sulfide) groups is 1. The van der Waals surface area contributed by atoms with Crippen LogP contribution in [0, 0.1) is 12.3 Å². The summed E-state index contributed by atoms with van der Waals surface area (Å²) >= 11 is 1.65. The van der Waals surface area contributed by atoms with Crippen molar-refractivity contribution >= 4 is 18.0 Å². The third-order valence-electron chi connectivity index (χ3n) is 2.24. The van der Waals surface area contributed by atoms with E-state index in [0.29, 0.717) is 0 Å². The number of carbonyl (C=O) groups excluding carboxylic acids is 1. The van der Waals surface area contributed by atoms with Crippen LogP contribution in [0.2, 0.25) is 0 Å². The first-order chi connectivity index (χ1) is 8.36. The molecule has 2 heteroatoms. The van der Waals surface area contributed by atoms with E-state index in [1.54, 1.807) is 17.8 Å². The van der Waals surface area contributed by atoms with Crippen molar-refractivity contribution in [1.82, 2.24) is 0 Å². The molecule has 0 unspecified atom stereocenters. The van der Waals surface area contributed by atoms with Crippen molar-refractivity contribution in [2.45, 2.75) is 30.6 Å². The molecule has 1 aromatic carbocycles. The molecule has 17 heavy (non-hydrogen) atoms. The molecule has 1 aromatic rings. The van der Waals surface area contributed by atoms with E-state index in [-0.39, 0.29) is 0 Å². The summed E-state index contributed by atoms with van der Waals surface area (Å²) in [6, 6.07) is 10.1. The highest BCUT2D eigenvalue weighted by Gasteiger charge is 2.00. The Morgan fingerprint density at radius 2 is 2.06 bits per heavy atom. The van der Waals surface area contributed by atoms with Crippen molar-refractivity contribution in [3.05, 3.63) is 41.3 Å². The van der Waals surface area contributed by atoms with Gasteiger partial charge in [0, 0.05) is 11.3 Å². The Labute approximate surface area is 107 Å². The lowest BCUT2D eigenvalue weighted by Crippen LogP contribution is -1.82. The van der Waals surface area contributed by atoms with Crippen LogP contribution in [0.4, 0.5) is 0 Å². The summed E-state index contributed by atoms with van der Waals surface area (Å²) in [4.78, 5) is 12.8. The summed E-state index contributed by atoms with van der Waals surface area (Å²) in [6.07, 6.45) is 11.5. The molecule has 0 aliphatic heterocycles. The minimum atomic E-state index is 0.810. The Morgan fingerprint density at radius 1 is 1.29 bits per heavy atom. The smallest absolute Gasteiger partial charge is 0.143 e. The van der Waals surface area contributed by atoms with Crippen LogP contribution < -0.4 is 0 Å². The first kappa shape index (κ1) is 13.6. The van der Waals surface area contributed by atoms with Gasteiger partial charge in [0.15, 0.2) is 0 Å². The van der Waals surface area contributed by atoms with Crippen LogP contribution in [0.5, 0.6) is 0 Å². The van der Waals surface area contributed by atoms with Gasteiger partial charge in [0.25, 0.3) is 0 Å². The summed E-state index contributed by atoms with van der Waals surface area (Å²) < 4.78 is 0. The quantitative estimate of drug-likeness (QED) is 0.236. The summed E-state index contributed by atoms with van der Waals surface area (Å²) in [5.41, 5.74) is 0. The minimum absolute atomic E-state index is 0.810. The molecule has 1 nitrogen and oxygen atoms in total. The molecule has 0 aliphatic rings. The Bertz CT molecular complexity index is 401. The van der Waals surface area contributed by atoms with Gasteiger partial charge in [-0.3, -0.25) is 4.79 Å². The lowest BCUT2D eigenvalue weighted by molar-refractivity contribution is -0.104. The molecule has 0 fully saturated rings. The number of rotatable bonds is 7. The fraction of sp³-hybridized carbons (Fsp3) is 0.267. The lowest BCUT2D eigenvalue weighted by Gasteiger charge is -2.05. The van der Waals surface area contributed by atoms with Gasteiger partial charge in [-0.25, -0.2) is 0 Å². The molecule has 1 rings (SSSR count). The van der Waals surface area contributed by atoms with E-state index < -0.39 is 0 Å². The van der Waals surface area contributed by atoms with Gasteiger partial charge in [0.2, 0.25) is 0 Å². The largest absolute Gasteiger partial charge is 0.299 e. The molecule has 88 valence electrons. The Hall–Kier alpha value is -1.46. The number of allylic oxidation sites excluding steroid dienone is 2. The predicted octanol–water partition coefficient (Wildman–Crippen LogP) is 4.06. The molecule has 0 heterocycles. The van der Waals surface area contributed by atoms with Gasteiger partial charge in [-0.15, -0.1) is 12.3 Å². The van der Waals surface area contributed by atoms with Crippen molar-refractivity contribution in [3.63, 3.8) is 0 Å². The molecule has 0 aliphatic carbocycles. The molecular formula is C15H16OS. The second-order valence-electron chi connectivity index (χ2n) is 3.60. The van der Waals surface area contributed by atoms with E-state index >= 15 is 0 Å². The first-order valence-electron chi connectivity index (χ1n) is 5.67. The first-order valence-corrected chi connectivity index (χ1v) is 6.49. The number of hydrogen-bond acceptors (Lipinski definition) is 2. The third-order valence-corrected chi connectivity index (χ3v) is 3.35. The SMILES string of the molecule is C#CCCCC/C(=C/C=O)Sc1ccccc1. The second kappa shape index (κ2) is 8.66. The Morgan fingerprint density at radius 3 is 2.71 bits per heavy atom. The fourth-order valence-electron chi connectivity index (χ4n) is 1.41. The maximum atomic E-state index is 10.6. The van der Waals surface area contributed by atoms with Gasteiger partial charge >= 0.3 is 0 Å². The minimum Gasteiger partial charge on any atom is -0.299 e. The number of terminal acetylenes is 1. The molecular weight excluding hydrogens is 228 g/mol. The maximum absolute atomic E-state index is 10.6. The summed E-state index contributed by atoms with van der Waals surface area (Å²) in [5.74, 6) is 2.63. The maximum Gasteiger partial charge on any atom is 0.143 e. The molecule has 0 amide bonds. The Kier molecular flexibility index (Phi) is 6.93. The summed E-state index contributed by atoms with van der Waals surface area (Å²) in [7, 11) is 0. The van der Waals surface area contributed by atoms with Crippen LogP contribution in [-0.4, -0.2) is 6.29 Å². The molecule has 0 aromatic heterocycles. The van der Waals surface area contributed by atoms with Crippen molar-refractivity contribution in [2.24, 2.45) is 0 Å². The van der Waals surface area contributed by atoms with E-state index in [2.05, 4.69) is 5.92 Å². The average molecular weight is 244 g/mol. The van der Waals surface area contributed by atoms with Gasteiger partial charge in [-0.05, 0) is 42.4 Å². The zero-order chi connectivity index (χ0) is 12.3. The number of unbranched alkanes of at least 4 members (excludes halogenated alkanes) is 2. The fourth-order valence-corrected chi connectivity index (χ4v) is 2.38. The molecule has 0 saturated carbocycles. The number of hydrogen-bond donors (Lipinski definition) is 0. The van der Waals surface area contributed by atoms with E-state index in [1.807, 2.05) is 30.3 Å². The van der Waals surface area contributed by atoms with E-state index in [1.165, 1.54) is 0 Å². The van der Waals surface area contributed by atoms with Crippen LogP contribution in [-0.2, 0) is 4.79 Å². The highest BCUT2D eigenvalue weighted by atomic mass is 32.2. The molecule has 0 bridgehead atoms. The highest BCUT2D eigenvalue weighted by Crippen LogP contribution is 2.29. The van der Waals surface area contributed by atoms with Crippen molar-refractivity contribution < 1.29 is 4.79 Å². The number of benzene rings is 1. The van der Waals surface area contributed by atoms with Crippen LogP contribution >= 0.6 is 11.8 Å². The zero-order valence-electron chi connectivity index (χ0n) is 9.76. The molecule has 0 radical (unpaired) electrons. The zero-order valence-corrected chi connectivity index (χ0v) is 10.6. The van der Waals surface area contributed by atoms with Crippen molar-refractivity contribution in [3.8, 4) is 12.3 Å². The van der Waals surface area contributed by atoms with Gasteiger partial charge in [-0.2, -0.15) is 0 Å². The average Bonchev–Trinajstić information content (AvgIpc) is 2.36. The van der Waals surface area contributed by atoms with Gasteiger partial charge in [0.1, 0.15) is 6.29 Å². The number of aldehydes is 1. The third kappa shape index (κ3) is 5.99. The topological polar surface area (TPSA) is 17.1 Å². The van der Waals surface area contributed by atoms with Crippen LogP contribution in [0.3, 0.4) is 0 Å². The molecule has 0 spiro atoms. The predicted molar refractivity (Wildman–Crippen MR) is 73.7 cm³/mol. The summed E-state index contributed by atoms with van der Waals surface area (Å²) in [6.45, 7) is 0. The highest BCUT2D eigenvalue weighted by molar-refractivity contribution is 8.03. The van der Waals surface area contributed by atoms with Crippen LogP contribution in [0.1, 0.15) is 25.7 Å². The normalized spacial score (nSPS) is 10.9.